The fourth-order valence-corrected chi connectivity index (χ4v) is 2.30. The highest BCUT2D eigenvalue weighted by Gasteiger charge is 2.11. The number of amidine groups is 1. The van der Waals surface area contributed by atoms with Crippen molar-refractivity contribution >= 4 is 5.84 Å². The molecule has 0 saturated carbocycles. The number of rotatable bonds is 6. The van der Waals surface area contributed by atoms with Gasteiger partial charge in [0.05, 0.1) is 0 Å². The number of hydrogen-bond donors (Lipinski definition) is 2. The van der Waals surface area contributed by atoms with Crippen LogP contribution in [0.4, 0.5) is 0 Å². The zero-order chi connectivity index (χ0) is 15.2. The molecule has 0 aliphatic heterocycles. The van der Waals surface area contributed by atoms with E-state index >= 15 is 0 Å². The van der Waals surface area contributed by atoms with Gasteiger partial charge in [-0.2, -0.15) is 0 Å². The van der Waals surface area contributed by atoms with Crippen molar-refractivity contribution in [1.82, 2.24) is 0 Å². The molecule has 3 heteroatoms. The van der Waals surface area contributed by atoms with E-state index in [4.69, 9.17) is 15.9 Å². The van der Waals surface area contributed by atoms with Crippen LogP contribution in [0, 0.1) is 5.41 Å². The molecular weight excluding hydrogens is 260 g/mol. The molecule has 0 amide bonds. The highest BCUT2D eigenvalue weighted by molar-refractivity contribution is 5.96. The van der Waals surface area contributed by atoms with Gasteiger partial charge in [-0.1, -0.05) is 56.3 Å². The Bertz CT molecular complexity index is 622. The van der Waals surface area contributed by atoms with Gasteiger partial charge in [0.2, 0.25) is 0 Å². The molecule has 3 nitrogen and oxygen atoms in total. The van der Waals surface area contributed by atoms with Gasteiger partial charge in [0.1, 0.15) is 18.2 Å². The molecule has 110 valence electrons. The average Bonchev–Trinajstić information content (AvgIpc) is 2.52. The minimum Gasteiger partial charge on any atom is -0.489 e. The largest absolute Gasteiger partial charge is 0.489 e. The first kappa shape index (κ1) is 15.1. The number of nitrogens with two attached hydrogens (primary N) is 1. The minimum atomic E-state index is 0.0735. The first-order valence-electron chi connectivity index (χ1n) is 7.27. The Morgan fingerprint density at radius 1 is 1.14 bits per heavy atom. The van der Waals surface area contributed by atoms with Crippen molar-refractivity contribution in [3.63, 3.8) is 0 Å². The smallest absolute Gasteiger partial charge is 0.123 e. The maximum absolute atomic E-state index is 7.62. The summed E-state index contributed by atoms with van der Waals surface area (Å²) >= 11 is 0. The average molecular weight is 282 g/mol. The Morgan fingerprint density at radius 2 is 1.81 bits per heavy atom. The van der Waals surface area contributed by atoms with Gasteiger partial charge in [0.25, 0.3) is 0 Å². The van der Waals surface area contributed by atoms with Gasteiger partial charge in [-0.25, -0.2) is 0 Å². The van der Waals surface area contributed by atoms with Crippen LogP contribution < -0.4 is 10.5 Å². The molecule has 1 unspecified atom stereocenters. The molecule has 21 heavy (non-hydrogen) atoms. The van der Waals surface area contributed by atoms with Crippen molar-refractivity contribution in [3.8, 4) is 5.75 Å². The summed E-state index contributed by atoms with van der Waals surface area (Å²) < 4.78 is 5.98. The molecule has 0 heterocycles. The standard InChI is InChI=1S/C18H22N2O/c1-3-13(2)15-9-6-7-11-17(15)21-12-14-8-4-5-10-16(14)18(19)20/h4-11,13H,3,12H2,1-2H3,(H3,19,20). The number of nitrogen functional groups attached to an aromatic ring is 1. The van der Waals surface area contributed by atoms with E-state index in [9.17, 15) is 0 Å². The van der Waals surface area contributed by atoms with Crippen molar-refractivity contribution in [3.05, 3.63) is 65.2 Å². The molecule has 1 atom stereocenters. The van der Waals surface area contributed by atoms with Crippen LogP contribution >= 0.6 is 0 Å². The van der Waals surface area contributed by atoms with Crippen LogP contribution in [0.5, 0.6) is 5.75 Å². The lowest BCUT2D eigenvalue weighted by Gasteiger charge is -2.16. The van der Waals surface area contributed by atoms with E-state index in [1.54, 1.807) is 0 Å². The van der Waals surface area contributed by atoms with Crippen LogP contribution in [0.25, 0.3) is 0 Å². The molecule has 0 bridgehead atoms. The molecule has 0 saturated heterocycles. The molecule has 0 radical (unpaired) electrons. The van der Waals surface area contributed by atoms with E-state index in [-0.39, 0.29) is 5.84 Å². The summed E-state index contributed by atoms with van der Waals surface area (Å²) in [5.74, 6) is 1.44. The lowest BCUT2D eigenvalue weighted by Crippen LogP contribution is -2.14. The van der Waals surface area contributed by atoms with Crippen LogP contribution in [-0.4, -0.2) is 5.84 Å². The van der Waals surface area contributed by atoms with Crippen LogP contribution in [0.1, 0.15) is 42.9 Å². The summed E-state index contributed by atoms with van der Waals surface area (Å²) in [6.45, 7) is 4.79. The van der Waals surface area contributed by atoms with E-state index in [1.165, 1.54) is 5.56 Å². The lowest BCUT2D eigenvalue weighted by atomic mass is 9.98. The Morgan fingerprint density at radius 3 is 2.52 bits per heavy atom. The van der Waals surface area contributed by atoms with Crippen LogP contribution in [-0.2, 0) is 6.61 Å². The van der Waals surface area contributed by atoms with Crippen molar-refractivity contribution in [2.45, 2.75) is 32.8 Å². The first-order chi connectivity index (χ1) is 10.1. The lowest BCUT2D eigenvalue weighted by molar-refractivity contribution is 0.301. The summed E-state index contributed by atoms with van der Waals surface area (Å²) in [4.78, 5) is 0. The second kappa shape index (κ2) is 6.93. The normalized spacial score (nSPS) is 11.9. The van der Waals surface area contributed by atoms with Gasteiger partial charge in [-0.05, 0) is 24.0 Å². The highest BCUT2D eigenvalue weighted by Crippen LogP contribution is 2.29. The zero-order valence-corrected chi connectivity index (χ0v) is 12.6. The Labute approximate surface area is 126 Å². The van der Waals surface area contributed by atoms with Gasteiger partial charge in [0.15, 0.2) is 0 Å². The zero-order valence-electron chi connectivity index (χ0n) is 12.6. The number of hydrogen-bond acceptors (Lipinski definition) is 2. The SMILES string of the molecule is CCC(C)c1ccccc1OCc1ccccc1C(=N)N. The second-order valence-electron chi connectivity index (χ2n) is 5.21. The molecule has 2 rings (SSSR count). The van der Waals surface area contributed by atoms with Crippen LogP contribution in [0.3, 0.4) is 0 Å². The molecule has 0 aliphatic rings. The Kier molecular flexibility index (Phi) is 4.99. The maximum atomic E-state index is 7.62. The molecule has 0 spiro atoms. The van der Waals surface area contributed by atoms with Crippen molar-refractivity contribution in [2.24, 2.45) is 5.73 Å². The van der Waals surface area contributed by atoms with Gasteiger partial charge in [-0.3, -0.25) is 5.41 Å². The van der Waals surface area contributed by atoms with E-state index in [1.807, 2.05) is 42.5 Å². The quantitative estimate of drug-likeness (QED) is 0.620. The molecule has 0 aromatic heterocycles. The fraction of sp³-hybridized carbons (Fsp3) is 0.278. The fourth-order valence-electron chi connectivity index (χ4n) is 2.30. The molecule has 2 aromatic rings. The maximum Gasteiger partial charge on any atom is 0.123 e. The van der Waals surface area contributed by atoms with Crippen LogP contribution in [0.15, 0.2) is 48.5 Å². The predicted octanol–water partition coefficient (Wildman–Crippen LogP) is 4.06. The van der Waals surface area contributed by atoms with Crippen molar-refractivity contribution in [1.29, 1.82) is 5.41 Å². The molecule has 0 aliphatic carbocycles. The molecular formula is C18H22N2O. The molecule has 2 aromatic carbocycles. The molecule has 3 N–H and O–H groups in total. The summed E-state index contributed by atoms with van der Waals surface area (Å²) in [6.07, 6.45) is 1.07. The van der Waals surface area contributed by atoms with E-state index in [2.05, 4.69) is 19.9 Å². The van der Waals surface area contributed by atoms with Gasteiger partial charge < -0.3 is 10.5 Å². The third kappa shape index (κ3) is 3.63. The topological polar surface area (TPSA) is 59.1 Å². The van der Waals surface area contributed by atoms with Gasteiger partial charge in [0, 0.05) is 11.1 Å². The minimum absolute atomic E-state index is 0.0735. The Hall–Kier alpha value is -2.29. The predicted molar refractivity (Wildman–Crippen MR) is 86.9 cm³/mol. The number of nitrogens with one attached hydrogen (secondary N) is 1. The first-order valence-corrected chi connectivity index (χ1v) is 7.27. The number of para-hydroxylation sites is 1. The van der Waals surface area contributed by atoms with Gasteiger partial charge in [-0.15, -0.1) is 0 Å². The highest BCUT2D eigenvalue weighted by atomic mass is 16.5. The van der Waals surface area contributed by atoms with Crippen LogP contribution in [0.2, 0.25) is 0 Å². The van der Waals surface area contributed by atoms with E-state index in [0.29, 0.717) is 12.5 Å². The monoisotopic (exact) mass is 282 g/mol. The molecule has 0 fully saturated rings. The van der Waals surface area contributed by atoms with E-state index in [0.717, 1.165) is 23.3 Å². The van der Waals surface area contributed by atoms with Crippen molar-refractivity contribution < 1.29 is 4.74 Å². The third-order valence-electron chi connectivity index (χ3n) is 3.75. The third-order valence-corrected chi connectivity index (χ3v) is 3.75. The Balaban J connectivity index is 2.19. The second-order valence-corrected chi connectivity index (χ2v) is 5.21. The summed E-state index contributed by atoms with van der Waals surface area (Å²) in [5, 5.41) is 7.62. The summed E-state index contributed by atoms with van der Waals surface area (Å²) in [7, 11) is 0. The summed E-state index contributed by atoms with van der Waals surface area (Å²) in [5.41, 5.74) is 8.50. The van der Waals surface area contributed by atoms with E-state index < -0.39 is 0 Å². The van der Waals surface area contributed by atoms with Crippen molar-refractivity contribution in [2.75, 3.05) is 0 Å². The summed E-state index contributed by atoms with van der Waals surface area (Å²) in [6, 6.07) is 15.7. The number of ether oxygens (including phenoxy) is 1. The van der Waals surface area contributed by atoms with Gasteiger partial charge >= 0.3 is 0 Å². The number of benzene rings is 2.